The molecule has 1 amide bonds. The summed E-state index contributed by atoms with van der Waals surface area (Å²) in [5.74, 6) is 0.312. The van der Waals surface area contributed by atoms with E-state index in [0.29, 0.717) is 11.8 Å². The average Bonchev–Trinajstić information content (AvgIpc) is 3.03. The lowest BCUT2D eigenvalue weighted by Gasteiger charge is -2.30. The number of halogens is 4. The second-order valence-corrected chi connectivity index (χ2v) is 8.84. The summed E-state index contributed by atoms with van der Waals surface area (Å²) in [5, 5.41) is 7.39. The molecule has 3 rings (SSSR count). The van der Waals surface area contributed by atoms with E-state index in [1.807, 2.05) is 6.20 Å². The van der Waals surface area contributed by atoms with Crippen LogP contribution in [0, 0.1) is 12.8 Å². The quantitative estimate of drug-likeness (QED) is 0.620. The zero-order valence-corrected chi connectivity index (χ0v) is 18.1. The SMILES string of the molecule is Cc1cnn(C[C@H]2CC[C@H](NC(=O)c3cc(C(F)(F)F)ccc3Cl)CC2)c1C(C)C. The van der Waals surface area contributed by atoms with Crippen LogP contribution in [0.3, 0.4) is 0 Å². The van der Waals surface area contributed by atoms with Gasteiger partial charge in [0.15, 0.2) is 0 Å². The molecular formula is C22H27ClF3N3O. The molecule has 0 atom stereocenters. The number of carbonyl (C=O) groups is 1. The van der Waals surface area contributed by atoms with Gasteiger partial charge in [0.25, 0.3) is 5.91 Å². The van der Waals surface area contributed by atoms with Crippen LogP contribution in [0.25, 0.3) is 0 Å². The number of carbonyl (C=O) groups excluding carboxylic acids is 1. The highest BCUT2D eigenvalue weighted by molar-refractivity contribution is 6.33. The average molecular weight is 442 g/mol. The second kappa shape index (κ2) is 9.00. The monoisotopic (exact) mass is 441 g/mol. The van der Waals surface area contributed by atoms with Crippen LogP contribution in [0.5, 0.6) is 0 Å². The molecule has 0 spiro atoms. The second-order valence-electron chi connectivity index (χ2n) is 8.43. The lowest BCUT2D eigenvalue weighted by molar-refractivity contribution is -0.137. The first-order chi connectivity index (χ1) is 14.1. The summed E-state index contributed by atoms with van der Waals surface area (Å²) in [4.78, 5) is 12.5. The van der Waals surface area contributed by atoms with E-state index in [2.05, 4.69) is 35.9 Å². The van der Waals surface area contributed by atoms with Gasteiger partial charge in [-0.15, -0.1) is 0 Å². The van der Waals surface area contributed by atoms with Crippen LogP contribution in [0.1, 0.15) is 72.6 Å². The Labute approximate surface area is 179 Å². The fraction of sp³-hybridized carbons (Fsp3) is 0.545. The van der Waals surface area contributed by atoms with Gasteiger partial charge in [0.05, 0.1) is 22.3 Å². The molecule has 8 heteroatoms. The Morgan fingerprint density at radius 3 is 2.53 bits per heavy atom. The summed E-state index contributed by atoms with van der Waals surface area (Å²) >= 11 is 5.98. The van der Waals surface area contributed by atoms with E-state index in [1.165, 1.54) is 11.3 Å². The highest BCUT2D eigenvalue weighted by Gasteiger charge is 2.32. The molecule has 1 fully saturated rings. The molecular weight excluding hydrogens is 415 g/mol. The van der Waals surface area contributed by atoms with Crippen LogP contribution in [0.4, 0.5) is 13.2 Å². The van der Waals surface area contributed by atoms with Gasteiger partial charge in [-0.25, -0.2) is 0 Å². The minimum Gasteiger partial charge on any atom is -0.349 e. The van der Waals surface area contributed by atoms with Crippen LogP contribution in [0.2, 0.25) is 5.02 Å². The van der Waals surface area contributed by atoms with E-state index in [9.17, 15) is 18.0 Å². The maximum atomic E-state index is 12.9. The Kier molecular flexibility index (Phi) is 6.80. The topological polar surface area (TPSA) is 46.9 Å². The number of aryl methyl sites for hydroxylation is 1. The molecule has 0 aliphatic heterocycles. The van der Waals surface area contributed by atoms with Gasteiger partial charge in [-0.1, -0.05) is 25.4 Å². The molecule has 4 nitrogen and oxygen atoms in total. The number of amides is 1. The number of rotatable bonds is 5. The van der Waals surface area contributed by atoms with Crippen LogP contribution in [0.15, 0.2) is 24.4 Å². The molecule has 1 N–H and O–H groups in total. The standard InChI is InChI=1S/C22H27ClF3N3O/c1-13(2)20-14(3)11-27-29(20)12-15-4-7-17(8-5-15)28-21(30)18-10-16(22(24,25)26)6-9-19(18)23/h6,9-11,13,15,17H,4-5,7-8,12H2,1-3H3,(H,28,30)/t15-,17-. The van der Waals surface area contributed by atoms with E-state index in [1.54, 1.807) is 0 Å². The van der Waals surface area contributed by atoms with Gasteiger partial charge in [0.2, 0.25) is 0 Å². The van der Waals surface area contributed by atoms with Crippen molar-refractivity contribution >= 4 is 17.5 Å². The van der Waals surface area contributed by atoms with E-state index < -0.39 is 17.6 Å². The van der Waals surface area contributed by atoms with E-state index >= 15 is 0 Å². The van der Waals surface area contributed by atoms with Crippen molar-refractivity contribution in [2.75, 3.05) is 0 Å². The third-order valence-corrected chi connectivity index (χ3v) is 6.10. The first-order valence-electron chi connectivity index (χ1n) is 10.3. The molecule has 1 saturated carbocycles. The van der Waals surface area contributed by atoms with Crippen molar-refractivity contribution in [3.8, 4) is 0 Å². The van der Waals surface area contributed by atoms with Gasteiger partial charge in [-0.3, -0.25) is 9.48 Å². The maximum Gasteiger partial charge on any atom is 0.416 e. The van der Waals surface area contributed by atoms with E-state index in [4.69, 9.17) is 11.6 Å². The Morgan fingerprint density at radius 1 is 1.27 bits per heavy atom. The van der Waals surface area contributed by atoms with Gasteiger partial charge in [0, 0.05) is 18.3 Å². The third kappa shape index (κ3) is 5.17. The normalized spacial score (nSPS) is 19.9. The van der Waals surface area contributed by atoms with Crippen molar-refractivity contribution in [2.45, 2.75) is 71.1 Å². The Balaban J connectivity index is 1.58. The maximum absolute atomic E-state index is 12.9. The minimum atomic E-state index is -4.52. The summed E-state index contributed by atoms with van der Waals surface area (Å²) in [6, 6.07) is 2.75. The highest BCUT2D eigenvalue weighted by Crippen LogP contribution is 2.32. The molecule has 0 radical (unpaired) electrons. The summed E-state index contributed by atoms with van der Waals surface area (Å²) in [6.45, 7) is 7.24. The van der Waals surface area contributed by atoms with Gasteiger partial charge < -0.3 is 5.32 Å². The Morgan fingerprint density at radius 2 is 1.93 bits per heavy atom. The smallest absolute Gasteiger partial charge is 0.349 e. The van der Waals surface area contributed by atoms with Gasteiger partial charge in [-0.05, 0) is 68.2 Å². The first kappa shape index (κ1) is 22.7. The molecule has 0 saturated heterocycles. The van der Waals surface area contributed by atoms with Crippen LogP contribution < -0.4 is 5.32 Å². The number of hydrogen-bond acceptors (Lipinski definition) is 2. The van der Waals surface area contributed by atoms with Crippen LogP contribution in [-0.4, -0.2) is 21.7 Å². The summed E-state index contributed by atoms with van der Waals surface area (Å²) in [6.07, 6.45) is 0.807. The van der Waals surface area contributed by atoms with Crippen LogP contribution in [-0.2, 0) is 12.7 Å². The zero-order chi connectivity index (χ0) is 22.1. The van der Waals surface area contributed by atoms with Gasteiger partial charge >= 0.3 is 6.18 Å². The molecule has 1 aromatic carbocycles. The van der Waals surface area contributed by atoms with Crippen molar-refractivity contribution in [1.29, 1.82) is 0 Å². The summed E-state index contributed by atoms with van der Waals surface area (Å²) in [5.41, 5.74) is 1.44. The highest BCUT2D eigenvalue weighted by atomic mass is 35.5. The van der Waals surface area contributed by atoms with Crippen molar-refractivity contribution in [2.24, 2.45) is 5.92 Å². The number of alkyl halides is 3. The predicted octanol–water partition coefficient (Wildman–Crippen LogP) is 5.98. The predicted molar refractivity (Wildman–Crippen MR) is 111 cm³/mol. The summed E-state index contributed by atoms with van der Waals surface area (Å²) < 4.78 is 40.9. The van der Waals surface area contributed by atoms with Crippen molar-refractivity contribution in [3.05, 3.63) is 51.8 Å². The molecule has 2 aromatic rings. The molecule has 164 valence electrons. The van der Waals surface area contributed by atoms with Gasteiger partial charge in [-0.2, -0.15) is 18.3 Å². The Hall–Kier alpha value is -2.02. The number of nitrogens with zero attached hydrogens (tertiary/aromatic N) is 2. The number of aromatic nitrogens is 2. The molecule has 30 heavy (non-hydrogen) atoms. The molecule has 1 aliphatic rings. The van der Waals surface area contributed by atoms with Gasteiger partial charge in [0.1, 0.15) is 0 Å². The molecule has 1 aliphatic carbocycles. The zero-order valence-electron chi connectivity index (χ0n) is 17.4. The van der Waals surface area contributed by atoms with Crippen molar-refractivity contribution < 1.29 is 18.0 Å². The third-order valence-electron chi connectivity index (χ3n) is 5.77. The molecule has 1 heterocycles. The molecule has 0 bridgehead atoms. The number of hydrogen-bond donors (Lipinski definition) is 1. The number of nitrogens with one attached hydrogen (secondary N) is 1. The first-order valence-corrected chi connectivity index (χ1v) is 10.6. The Bertz CT molecular complexity index is 900. The minimum absolute atomic E-state index is 0.0180. The molecule has 1 aromatic heterocycles. The van der Waals surface area contributed by atoms with E-state index in [0.717, 1.165) is 50.4 Å². The fourth-order valence-electron chi connectivity index (χ4n) is 4.26. The van der Waals surface area contributed by atoms with Crippen molar-refractivity contribution in [3.63, 3.8) is 0 Å². The van der Waals surface area contributed by atoms with Crippen molar-refractivity contribution in [1.82, 2.24) is 15.1 Å². The lowest BCUT2D eigenvalue weighted by Crippen LogP contribution is -2.38. The fourth-order valence-corrected chi connectivity index (χ4v) is 4.46. The number of benzene rings is 1. The lowest BCUT2D eigenvalue weighted by atomic mass is 9.85. The van der Waals surface area contributed by atoms with E-state index in [-0.39, 0.29) is 16.6 Å². The summed E-state index contributed by atoms with van der Waals surface area (Å²) in [7, 11) is 0. The van der Waals surface area contributed by atoms with Crippen LogP contribution >= 0.6 is 11.6 Å². The molecule has 0 unspecified atom stereocenters. The largest absolute Gasteiger partial charge is 0.416 e.